The Kier molecular flexibility index (Phi) is 4.79. The maximum absolute atomic E-state index is 11.5. The van der Waals surface area contributed by atoms with Gasteiger partial charge >= 0.3 is 0 Å². The minimum atomic E-state index is -0.441. The number of amides is 1. The molecule has 7 heteroatoms. The van der Waals surface area contributed by atoms with Gasteiger partial charge in [-0.3, -0.25) is 15.3 Å². The summed E-state index contributed by atoms with van der Waals surface area (Å²) in [6.45, 7) is 0.331. The number of halogens is 1. The molecule has 0 bridgehead atoms. The van der Waals surface area contributed by atoms with Gasteiger partial charge in [-0.05, 0) is 24.3 Å². The number of carbonyl (C=O) groups is 1. The number of benzene rings is 2. The monoisotopic (exact) mass is 342 g/mol. The molecule has 3 rings (SSSR count). The Labute approximate surface area is 143 Å². The topological polar surface area (TPSA) is 93.0 Å². The van der Waals surface area contributed by atoms with Crippen LogP contribution >= 0.6 is 11.6 Å². The van der Waals surface area contributed by atoms with E-state index in [0.29, 0.717) is 23.1 Å². The van der Waals surface area contributed by atoms with Gasteiger partial charge in [-0.2, -0.15) is 5.10 Å². The molecule has 1 aromatic heterocycles. The number of nitrogens with two attached hydrogens (primary N) is 1. The highest BCUT2D eigenvalue weighted by molar-refractivity contribution is 6.31. The third-order valence-corrected chi connectivity index (χ3v) is 3.83. The second-order valence-corrected chi connectivity index (χ2v) is 5.42. The number of ether oxygens (including phenoxy) is 1. The van der Waals surface area contributed by atoms with Gasteiger partial charge in [-0.25, -0.2) is 5.84 Å². The predicted octanol–water partition coefficient (Wildman–Crippen LogP) is 2.91. The highest BCUT2D eigenvalue weighted by atomic mass is 35.5. The summed E-state index contributed by atoms with van der Waals surface area (Å²) < 4.78 is 5.89. The van der Waals surface area contributed by atoms with Crippen LogP contribution in [-0.4, -0.2) is 16.1 Å². The zero-order chi connectivity index (χ0) is 16.9. The molecule has 0 aliphatic heterocycles. The molecule has 0 unspecified atom stereocenters. The first kappa shape index (κ1) is 16.0. The first-order valence-electron chi connectivity index (χ1n) is 7.21. The smallest absolute Gasteiger partial charge is 0.283 e. The molecule has 3 aromatic rings. The van der Waals surface area contributed by atoms with Gasteiger partial charge in [0.25, 0.3) is 5.91 Å². The van der Waals surface area contributed by atoms with E-state index in [1.54, 1.807) is 6.07 Å². The second-order valence-electron chi connectivity index (χ2n) is 5.02. The van der Waals surface area contributed by atoms with E-state index in [2.05, 4.69) is 15.6 Å². The summed E-state index contributed by atoms with van der Waals surface area (Å²) in [6, 6.07) is 16.5. The number of hydrogen-bond acceptors (Lipinski definition) is 4. The number of para-hydroxylation sites is 1. The van der Waals surface area contributed by atoms with Crippen LogP contribution in [0.4, 0.5) is 0 Å². The number of rotatable bonds is 5. The van der Waals surface area contributed by atoms with E-state index in [9.17, 15) is 4.79 Å². The molecule has 0 fully saturated rings. The fourth-order valence-electron chi connectivity index (χ4n) is 2.23. The van der Waals surface area contributed by atoms with Crippen LogP contribution < -0.4 is 16.0 Å². The molecule has 122 valence electrons. The van der Waals surface area contributed by atoms with Gasteiger partial charge in [0.2, 0.25) is 0 Å². The Morgan fingerprint density at radius 1 is 1.21 bits per heavy atom. The molecule has 0 aliphatic carbocycles. The Bertz CT molecular complexity index is 863. The van der Waals surface area contributed by atoms with Crippen molar-refractivity contribution < 1.29 is 9.53 Å². The van der Waals surface area contributed by atoms with Gasteiger partial charge < -0.3 is 4.74 Å². The number of aromatic amines is 1. The van der Waals surface area contributed by atoms with E-state index in [0.717, 1.165) is 11.1 Å². The van der Waals surface area contributed by atoms with Gasteiger partial charge in [0.15, 0.2) is 0 Å². The summed E-state index contributed by atoms with van der Waals surface area (Å²) >= 11 is 6.15. The van der Waals surface area contributed by atoms with Gasteiger partial charge in [0.05, 0.1) is 5.69 Å². The molecule has 1 amide bonds. The lowest BCUT2D eigenvalue weighted by Crippen LogP contribution is -2.30. The summed E-state index contributed by atoms with van der Waals surface area (Å²) in [6.07, 6.45) is 0. The first-order chi connectivity index (χ1) is 11.7. The number of H-pyrrole nitrogens is 1. The number of hydrazine groups is 1. The van der Waals surface area contributed by atoms with Crippen LogP contribution in [0, 0.1) is 0 Å². The van der Waals surface area contributed by atoms with Crippen molar-refractivity contribution in [3.63, 3.8) is 0 Å². The average Bonchev–Trinajstić information content (AvgIpc) is 3.10. The molecule has 4 N–H and O–H groups in total. The molecule has 0 spiro atoms. The van der Waals surface area contributed by atoms with E-state index in [-0.39, 0.29) is 5.69 Å². The van der Waals surface area contributed by atoms with Crippen LogP contribution in [0.5, 0.6) is 5.75 Å². The highest BCUT2D eigenvalue weighted by Gasteiger charge is 2.13. The second kappa shape index (κ2) is 7.16. The Hall–Kier alpha value is -2.83. The SMILES string of the molecule is NNC(=O)c1cc(-c2ccccc2OCc2ccccc2Cl)n[nH]1. The minimum Gasteiger partial charge on any atom is -0.488 e. The first-order valence-corrected chi connectivity index (χ1v) is 7.59. The minimum absolute atomic E-state index is 0.272. The summed E-state index contributed by atoms with van der Waals surface area (Å²) in [5, 5.41) is 7.44. The summed E-state index contributed by atoms with van der Waals surface area (Å²) in [5.41, 5.74) is 4.56. The van der Waals surface area contributed by atoms with E-state index >= 15 is 0 Å². The quantitative estimate of drug-likeness (QED) is 0.377. The Balaban J connectivity index is 1.84. The molecule has 0 saturated heterocycles. The lowest BCUT2D eigenvalue weighted by atomic mass is 10.1. The van der Waals surface area contributed by atoms with E-state index in [1.807, 2.05) is 48.5 Å². The van der Waals surface area contributed by atoms with Gasteiger partial charge in [0, 0.05) is 16.1 Å². The third kappa shape index (κ3) is 3.40. The number of nitrogens with zero attached hydrogens (tertiary/aromatic N) is 1. The standard InChI is InChI=1S/C17H15ClN4O2/c18-13-7-3-1-5-11(13)10-24-16-8-4-2-6-12(16)14-9-15(22-21-14)17(23)20-19/h1-9H,10,19H2,(H,20,23)(H,21,22). The summed E-state index contributed by atoms with van der Waals surface area (Å²) in [4.78, 5) is 11.5. The summed E-state index contributed by atoms with van der Waals surface area (Å²) in [7, 11) is 0. The van der Waals surface area contributed by atoms with Gasteiger partial charge in [-0.15, -0.1) is 0 Å². The van der Waals surface area contributed by atoms with Crippen molar-refractivity contribution in [2.45, 2.75) is 6.61 Å². The van der Waals surface area contributed by atoms with E-state index in [4.69, 9.17) is 22.2 Å². The van der Waals surface area contributed by atoms with Crippen LogP contribution in [-0.2, 0) is 6.61 Å². The predicted molar refractivity (Wildman–Crippen MR) is 91.5 cm³/mol. The normalized spacial score (nSPS) is 10.4. The van der Waals surface area contributed by atoms with Crippen LogP contribution in [0.1, 0.15) is 16.1 Å². The van der Waals surface area contributed by atoms with Crippen molar-refractivity contribution in [2.24, 2.45) is 5.84 Å². The van der Waals surface area contributed by atoms with Crippen molar-refractivity contribution in [3.05, 3.63) is 70.9 Å². The largest absolute Gasteiger partial charge is 0.488 e. The molecule has 6 nitrogen and oxygen atoms in total. The van der Waals surface area contributed by atoms with Crippen LogP contribution in [0.2, 0.25) is 5.02 Å². The Morgan fingerprint density at radius 2 is 1.96 bits per heavy atom. The third-order valence-electron chi connectivity index (χ3n) is 3.46. The number of nitrogen functional groups attached to an aromatic ring is 1. The van der Waals surface area contributed by atoms with Crippen LogP contribution in [0.25, 0.3) is 11.3 Å². The number of hydrogen-bond donors (Lipinski definition) is 3. The van der Waals surface area contributed by atoms with E-state index < -0.39 is 5.91 Å². The fraction of sp³-hybridized carbons (Fsp3) is 0.0588. The molecule has 24 heavy (non-hydrogen) atoms. The lowest BCUT2D eigenvalue weighted by Gasteiger charge is -2.11. The maximum atomic E-state index is 11.5. The highest BCUT2D eigenvalue weighted by Crippen LogP contribution is 2.30. The molecule has 0 radical (unpaired) electrons. The van der Waals surface area contributed by atoms with Crippen LogP contribution in [0.3, 0.4) is 0 Å². The molecule has 0 saturated carbocycles. The molecular weight excluding hydrogens is 328 g/mol. The molecule has 0 aliphatic rings. The van der Waals surface area contributed by atoms with Crippen molar-refractivity contribution in [3.8, 4) is 17.0 Å². The zero-order valence-corrected chi connectivity index (χ0v) is 13.4. The number of aromatic nitrogens is 2. The molecule has 1 heterocycles. The van der Waals surface area contributed by atoms with Crippen molar-refractivity contribution in [1.29, 1.82) is 0 Å². The molecule has 2 aromatic carbocycles. The van der Waals surface area contributed by atoms with E-state index in [1.165, 1.54) is 0 Å². The lowest BCUT2D eigenvalue weighted by molar-refractivity contribution is 0.0948. The maximum Gasteiger partial charge on any atom is 0.283 e. The zero-order valence-electron chi connectivity index (χ0n) is 12.6. The number of nitrogens with one attached hydrogen (secondary N) is 2. The van der Waals surface area contributed by atoms with Gasteiger partial charge in [0.1, 0.15) is 18.1 Å². The average molecular weight is 343 g/mol. The fourth-order valence-corrected chi connectivity index (χ4v) is 2.42. The van der Waals surface area contributed by atoms with Gasteiger partial charge in [-0.1, -0.05) is 41.9 Å². The van der Waals surface area contributed by atoms with Crippen molar-refractivity contribution in [2.75, 3.05) is 0 Å². The summed E-state index contributed by atoms with van der Waals surface area (Å²) in [5.74, 6) is 5.32. The molecular formula is C17H15ClN4O2. The number of carbonyl (C=O) groups excluding carboxylic acids is 1. The Morgan fingerprint density at radius 3 is 2.75 bits per heavy atom. The van der Waals surface area contributed by atoms with Crippen molar-refractivity contribution in [1.82, 2.24) is 15.6 Å². The van der Waals surface area contributed by atoms with Crippen LogP contribution in [0.15, 0.2) is 54.6 Å². The van der Waals surface area contributed by atoms with Crippen molar-refractivity contribution >= 4 is 17.5 Å². The molecule has 0 atom stereocenters.